The highest BCUT2D eigenvalue weighted by molar-refractivity contribution is 5.84. The van der Waals surface area contributed by atoms with E-state index in [-0.39, 0.29) is 0 Å². The van der Waals surface area contributed by atoms with Crippen LogP contribution in [0.25, 0.3) is 10.9 Å². The third-order valence-corrected chi connectivity index (χ3v) is 5.18. The van der Waals surface area contributed by atoms with Crippen molar-refractivity contribution < 1.29 is 9.90 Å². The molecule has 0 spiro atoms. The van der Waals surface area contributed by atoms with E-state index in [9.17, 15) is 4.79 Å². The molecule has 116 valence electrons. The van der Waals surface area contributed by atoms with Gasteiger partial charge < -0.3 is 14.6 Å². The maximum atomic E-state index is 11.1. The number of fused-ring (bicyclic) bond motifs is 1. The van der Waals surface area contributed by atoms with Gasteiger partial charge in [-0.1, -0.05) is 18.2 Å². The van der Waals surface area contributed by atoms with Crippen molar-refractivity contribution in [3.05, 3.63) is 36.0 Å². The molecule has 1 saturated carbocycles. The Kier molecular flexibility index (Phi) is 3.32. The maximum absolute atomic E-state index is 11.1. The third kappa shape index (κ3) is 2.47. The molecule has 0 atom stereocenters. The summed E-state index contributed by atoms with van der Waals surface area (Å²) in [5.74, 6) is 1.35. The number of amides is 1. The van der Waals surface area contributed by atoms with Gasteiger partial charge in [-0.25, -0.2) is 4.79 Å². The van der Waals surface area contributed by atoms with Gasteiger partial charge >= 0.3 is 6.09 Å². The van der Waals surface area contributed by atoms with Gasteiger partial charge in [0.15, 0.2) is 0 Å². The molecule has 1 amide bonds. The number of piperidine rings is 1. The standard InChI is InChI=1S/C18H22N2O2/c21-18(22)19-9-7-14(8-10-19)16-12-20(11-13-5-6-13)17-4-2-1-3-15(16)17/h1-4,12-14H,5-11H2,(H,21,22). The molecule has 1 saturated heterocycles. The number of hydrogen-bond acceptors (Lipinski definition) is 1. The van der Waals surface area contributed by atoms with Crippen molar-refractivity contribution in [3.8, 4) is 0 Å². The second kappa shape index (κ2) is 5.34. The average molecular weight is 298 g/mol. The van der Waals surface area contributed by atoms with Gasteiger partial charge in [-0.2, -0.15) is 0 Å². The van der Waals surface area contributed by atoms with Crippen molar-refractivity contribution in [2.24, 2.45) is 5.92 Å². The second-order valence-electron chi connectivity index (χ2n) is 6.74. The smallest absolute Gasteiger partial charge is 0.407 e. The molecule has 1 aliphatic carbocycles. The lowest BCUT2D eigenvalue weighted by Gasteiger charge is -2.29. The maximum Gasteiger partial charge on any atom is 0.407 e. The first kappa shape index (κ1) is 13.7. The summed E-state index contributed by atoms with van der Waals surface area (Å²) >= 11 is 0. The fourth-order valence-electron chi connectivity index (χ4n) is 3.71. The zero-order valence-electron chi connectivity index (χ0n) is 12.7. The van der Waals surface area contributed by atoms with E-state index in [1.807, 2.05) is 0 Å². The normalized spacial score (nSPS) is 19.7. The summed E-state index contributed by atoms with van der Waals surface area (Å²) in [5.41, 5.74) is 2.76. The Bertz CT molecular complexity index is 694. The largest absolute Gasteiger partial charge is 0.465 e. The molecule has 4 heteroatoms. The van der Waals surface area contributed by atoms with Gasteiger partial charge in [-0.05, 0) is 49.1 Å². The highest BCUT2D eigenvalue weighted by Gasteiger charge is 2.27. The van der Waals surface area contributed by atoms with Gasteiger partial charge in [-0.3, -0.25) is 0 Å². The molecule has 1 aromatic carbocycles. The lowest BCUT2D eigenvalue weighted by atomic mass is 9.89. The molecule has 4 rings (SSSR count). The van der Waals surface area contributed by atoms with Crippen molar-refractivity contribution >= 4 is 17.0 Å². The molecule has 1 aromatic heterocycles. The Hall–Kier alpha value is -1.97. The molecule has 2 heterocycles. The molecule has 22 heavy (non-hydrogen) atoms. The fourth-order valence-corrected chi connectivity index (χ4v) is 3.71. The van der Waals surface area contributed by atoms with Crippen molar-refractivity contribution in [1.29, 1.82) is 0 Å². The topological polar surface area (TPSA) is 45.5 Å². The van der Waals surface area contributed by atoms with Gasteiger partial charge in [0.1, 0.15) is 0 Å². The zero-order chi connectivity index (χ0) is 15.1. The van der Waals surface area contributed by atoms with Crippen LogP contribution in [0.2, 0.25) is 0 Å². The number of likely N-dealkylation sites (tertiary alicyclic amines) is 1. The Morgan fingerprint density at radius 2 is 1.86 bits per heavy atom. The number of rotatable bonds is 3. The minimum atomic E-state index is -0.783. The van der Waals surface area contributed by atoms with Gasteiger partial charge in [0.05, 0.1) is 0 Å². The molecule has 0 unspecified atom stereocenters. The molecular weight excluding hydrogens is 276 g/mol. The molecular formula is C18H22N2O2. The van der Waals surface area contributed by atoms with E-state index in [0.717, 1.165) is 25.3 Å². The SMILES string of the molecule is O=C(O)N1CCC(c2cn(CC3CC3)c3ccccc23)CC1. The minimum absolute atomic E-state index is 0.487. The van der Waals surface area contributed by atoms with Crippen LogP contribution in [0.5, 0.6) is 0 Å². The fraction of sp³-hybridized carbons (Fsp3) is 0.500. The summed E-state index contributed by atoms with van der Waals surface area (Å²) < 4.78 is 2.42. The molecule has 2 aliphatic rings. The van der Waals surface area contributed by atoms with Crippen molar-refractivity contribution in [2.75, 3.05) is 13.1 Å². The highest BCUT2D eigenvalue weighted by atomic mass is 16.4. The summed E-state index contributed by atoms with van der Waals surface area (Å²) in [6.45, 7) is 2.44. The summed E-state index contributed by atoms with van der Waals surface area (Å²) in [4.78, 5) is 12.6. The minimum Gasteiger partial charge on any atom is -0.465 e. The van der Waals surface area contributed by atoms with Gasteiger partial charge in [0.2, 0.25) is 0 Å². The molecule has 2 aromatic rings. The van der Waals surface area contributed by atoms with Crippen LogP contribution in [0.1, 0.15) is 37.2 Å². The predicted molar refractivity (Wildman–Crippen MR) is 86.2 cm³/mol. The highest BCUT2D eigenvalue weighted by Crippen LogP contribution is 2.37. The Morgan fingerprint density at radius 1 is 1.14 bits per heavy atom. The van der Waals surface area contributed by atoms with E-state index in [1.54, 1.807) is 4.90 Å². The summed E-state index contributed by atoms with van der Waals surface area (Å²) in [5, 5.41) is 10.5. The number of para-hydroxylation sites is 1. The molecule has 2 fully saturated rings. The van der Waals surface area contributed by atoms with E-state index in [1.165, 1.54) is 29.3 Å². The Morgan fingerprint density at radius 3 is 2.55 bits per heavy atom. The predicted octanol–water partition coefficient (Wildman–Crippen LogP) is 3.91. The van der Waals surface area contributed by atoms with E-state index in [2.05, 4.69) is 35.0 Å². The number of benzene rings is 1. The number of hydrogen-bond donors (Lipinski definition) is 1. The van der Waals surface area contributed by atoms with Crippen LogP contribution in [-0.4, -0.2) is 33.8 Å². The van der Waals surface area contributed by atoms with Crippen molar-refractivity contribution in [2.45, 2.75) is 38.1 Å². The molecule has 1 aliphatic heterocycles. The first-order valence-electron chi connectivity index (χ1n) is 8.28. The lowest BCUT2D eigenvalue weighted by Crippen LogP contribution is -2.36. The van der Waals surface area contributed by atoms with Crippen molar-refractivity contribution in [3.63, 3.8) is 0 Å². The zero-order valence-corrected chi connectivity index (χ0v) is 12.7. The van der Waals surface area contributed by atoms with Gasteiger partial charge in [-0.15, -0.1) is 0 Å². The van der Waals surface area contributed by atoms with E-state index in [0.29, 0.717) is 19.0 Å². The van der Waals surface area contributed by atoms with Gasteiger partial charge in [0.25, 0.3) is 0 Å². The first-order valence-corrected chi connectivity index (χ1v) is 8.28. The summed E-state index contributed by atoms with van der Waals surface area (Å²) in [6, 6.07) is 8.66. The van der Waals surface area contributed by atoms with Crippen LogP contribution in [0.4, 0.5) is 4.79 Å². The van der Waals surface area contributed by atoms with Crippen LogP contribution in [0.3, 0.4) is 0 Å². The first-order chi connectivity index (χ1) is 10.7. The van der Waals surface area contributed by atoms with E-state index in [4.69, 9.17) is 5.11 Å². The number of carbonyl (C=O) groups is 1. The third-order valence-electron chi connectivity index (χ3n) is 5.18. The number of carboxylic acid groups (broad SMARTS) is 1. The molecule has 0 bridgehead atoms. The van der Waals surface area contributed by atoms with Crippen LogP contribution < -0.4 is 0 Å². The average Bonchev–Trinajstić information content (AvgIpc) is 3.28. The van der Waals surface area contributed by atoms with E-state index < -0.39 is 6.09 Å². The second-order valence-corrected chi connectivity index (χ2v) is 6.74. The number of nitrogens with zero attached hydrogens (tertiary/aromatic N) is 2. The summed E-state index contributed by atoms with van der Waals surface area (Å²) in [7, 11) is 0. The molecule has 0 radical (unpaired) electrons. The van der Waals surface area contributed by atoms with Crippen molar-refractivity contribution in [1.82, 2.24) is 9.47 Å². The molecule has 4 nitrogen and oxygen atoms in total. The monoisotopic (exact) mass is 298 g/mol. The Balaban J connectivity index is 1.62. The van der Waals surface area contributed by atoms with Crippen LogP contribution in [0.15, 0.2) is 30.5 Å². The quantitative estimate of drug-likeness (QED) is 0.933. The van der Waals surface area contributed by atoms with E-state index >= 15 is 0 Å². The summed E-state index contributed by atoms with van der Waals surface area (Å²) in [6.07, 6.45) is 6.14. The van der Waals surface area contributed by atoms with Crippen LogP contribution in [-0.2, 0) is 6.54 Å². The van der Waals surface area contributed by atoms with Crippen LogP contribution in [0, 0.1) is 5.92 Å². The Labute approximate surface area is 130 Å². The number of aromatic nitrogens is 1. The van der Waals surface area contributed by atoms with Crippen LogP contribution >= 0.6 is 0 Å². The molecule has 1 N–H and O–H groups in total. The van der Waals surface area contributed by atoms with Gasteiger partial charge in [0, 0.05) is 36.7 Å². The lowest BCUT2D eigenvalue weighted by molar-refractivity contribution is 0.132.